The quantitative estimate of drug-likeness (QED) is 0.616. The van der Waals surface area contributed by atoms with E-state index in [2.05, 4.69) is 0 Å². The lowest BCUT2D eigenvalue weighted by Crippen LogP contribution is -2.57. The molecule has 2 aliphatic rings. The van der Waals surface area contributed by atoms with Crippen LogP contribution in [-0.2, 0) is 9.53 Å². The highest BCUT2D eigenvalue weighted by molar-refractivity contribution is 5.96. The third-order valence-corrected chi connectivity index (χ3v) is 4.88. The molecule has 2 heterocycles. The number of carboxylic acid groups (broad SMARTS) is 1. The summed E-state index contributed by atoms with van der Waals surface area (Å²) in [5.41, 5.74) is 0.308. The van der Waals surface area contributed by atoms with Gasteiger partial charge >= 0.3 is 18.2 Å². The van der Waals surface area contributed by atoms with E-state index < -0.39 is 18.2 Å². The van der Waals surface area contributed by atoms with Crippen LogP contribution in [0.5, 0.6) is 0 Å². The van der Waals surface area contributed by atoms with Crippen molar-refractivity contribution in [2.75, 3.05) is 32.7 Å². The largest absolute Gasteiger partial charge is 0.465 e. The van der Waals surface area contributed by atoms with Crippen molar-refractivity contribution in [1.82, 2.24) is 14.7 Å². The second kappa shape index (κ2) is 8.07. The van der Waals surface area contributed by atoms with Gasteiger partial charge in [-0.1, -0.05) is 18.2 Å². The highest BCUT2D eigenvalue weighted by atomic mass is 16.6. The Kier molecular flexibility index (Phi) is 5.58. The van der Waals surface area contributed by atoms with Gasteiger partial charge in [0.25, 0.3) is 0 Å². The number of likely N-dealkylation sites (tertiary alicyclic amines) is 1. The Morgan fingerprint density at radius 2 is 1.63 bits per heavy atom. The smallest absolute Gasteiger partial charge is 0.417 e. The third kappa shape index (κ3) is 4.36. The lowest BCUT2D eigenvalue weighted by Gasteiger charge is -2.41. The molecule has 1 aromatic rings. The lowest BCUT2D eigenvalue weighted by molar-refractivity contribution is -0.138. The number of amides is 3. The maximum absolute atomic E-state index is 12.2. The molecule has 0 aliphatic carbocycles. The van der Waals surface area contributed by atoms with Gasteiger partial charge in [-0.05, 0) is 25.0 Å². The summed E-state index contributed by atoms with van der Waals surface area (Å²) in [6.07, 6.45) is -0.658. The van der Waals surface area contributed by atoms with Gasteiger partial charge in [0, 0.05) is 32.2 Å². The van der Waals surface area contributed by atoms with Gasteiger partial charge in [-0.2, -0.15) is 0 Å². The molecule has 3 amide bonds. The normalized spacial score (nSPS) is 18.4. The SMILES string of the molecule is O=C(OC(=O)N1CCC(N2CCN(C(=O)O)CC2=O)CC1)c1ccccc1. The predicted molar refractivity (Wildman–Crippen MR) is 93.2 cm³/mol. The lowest BCUT2D eigenvalue weighted by atomic mass is 10.0. The molecular formula is C18H21N3O6. The van der Waals surface area contributed by atoms with Gasteiger partial charge in [0.05, 0.1) is 5.56 Å². The number of ether oxygens (including phenoxy) is 1. The topological polar surface area (TPSA) is 107 Å². The van der Waals surface area contributed by atoms with E-state index in [4.69, 9.17) is 9.84 Å². The van der Waals surface area contributed by atoms with E-state index in [1.54, 1.807) is 35.2 Å². The van der Waals surface area contributed by atoms with E-state index in [9.17, 15) is 19.2 Å². The molecule has 144 valence electrons. The first kappa shape index (κ1) is 18.7. The molecule has 0 atom stereocenters. The standard InChI is InChI=1S/C18H21N3O6/c22-15-12-20(17(24)25)10-11-21(15)14-6-8-19(9-7-14)18(26)27-16(23)13-4-2-1-3-5-13/h1-5,14H,6-12H2,(H,24,25). The van der Waals surface area contributed by atoms with Gasteiger partial charge in [-0.15, -0.1) is 0 Å². The van der Waals surface area contributed by atoms with Crippen LogP contribution in [-0.4, -0.2) is 82.6 Å². The van der Waals surface area contributed by atoms with Crippen molar-refractivity contribution >= 4 is 24.1 Å². The predicted octanol–water partition coefficient (Wildman–Crippen LogP) is 1.25. The number of rotatable bonds is 2. The molecule has 0 radical (unpaired) electrons. The maximum Gasteiger partial charge on any atom is 0.417 e. The first-order valence-electron chi connectivity index (χ1n) is 8.79. The van der Waals surface area contributed by atoms with E-state index in [-0.39, 0.29) is 25.0 Å². The van der Waals surface area contributed by atoms with Crippen LogP contribution in [0.15, 0.2) is 30.3 Å². The molecule has 9 nitrogen and oxygen atoms in total. The van der Waals surface area contributed by atoms with E-state index in [0.717, 1.165) is 4.90 Å². The van der Waals surface area contributed by atoms with Crippen LogP contribution in [0.1, 0.15) is 23.2 Å². The van der Waals surface area contributed by atoms with Crippen molar-refractivity contribution < 1.29 is 29.0 Å². The van der Waals surface area contributed by atoms with Crippen LogP contribution in [0.3, 0.4) is 0 Å². The molecular weight excluding hydrogens is 354 g/mol. The second-order valence-corrected chi connectivity index (χ2v) is 6.53. The number of piperazine rings is 1. The fourth-order valence-electron chi connectivity index (χ4n) is 3.37. The second-order valence-electron chi connectivity index (χ2n) is 6.53. The Bertz CT molecular complexity index is 730. The van der Waals surface area contributed by atoms with Crippen LogP contribution in [0, 0.1) is 0 Å². The monoisotopic (exact) mass is 375 g/mol. The van der Waals surface area contributed by atoms with E-state index >= 15 is 0 Å². The zero-order valence-corrected chi connectivity index (χ0v) is 14.7. The molecule has 2 saturated heterocycles. The minimum atomic E-state index is -1.09. The number of benzene rings is 1. The average Bonchev–Trinajstić information content (AvgIpc) is 2.68. The summed E-state index contributed by atoms with van der Waals surface area (Å²) in [5, 5.41) is 8.97. The van der Waals surface area contributed by atoms with Crippen molar-refractivity contribution in [1.29, 1.82) is 0 Å². The Balaban J connectivity index is 1.49. The van der Waals surface area contributed by atoms with Gasteiger partial charge in [0.1, 0.15) is 6.54 Å². The van der Waals surface area contributed by atoms with Gasteiger partial charge in [0.2, 0.25) is 5.91 Å². The average molecular weight is 375 g/mol. The van der Waals surface area contributed by atoms with Crippen LogP contribution >= 0.6 is 0 Å². The summed E-state index contributed by atoms with van der Waals surface area (Å²) >= 11 is 0. The Hall–Kier alpha value is -3.10. The summed E-state index contributed by atoms with van der Waals surface area (Å²) in [4.78, 5) is 51.5. The molecule has 0 saturated carbocycles. The Labute approximate surface area is 156 Å². The summed E-state index contributed by atoms with van der Waals surface area (Å²) in [5.74, 6) is -0.911. The van der Waals surface area contributed by atoms with E-state index in [1.165, 1.54) is 4.90 Å². The van der Waals surface area contributed by atoms with Crippen LogP contribution in [0.25, 0.3) is 0 Å². The number of hydrogen-bond donors (Lipinski definition) is 1. The summed E-state index contributed by atoms with van der Waals surface area (Å²) in [6.45, 7) is 1.25. The van der Waals surface area contributed by atoms with Gasteiger partial charge in [0.15, 0.2) is 0 Å². The highest BCUT2D eigenvalue weighted by Gasteiger charge is 2.34. The molecule has 0 aromatic heterocycles. The number of carbonyl (C=O) groups is 4. The molecule has 2 aliphatic heterocycles. The van der Waals surface area contributed by atoms with Crippen molar-refractivity contribution in [2.24, 2.45) is 0 Å². The van der Waals surface area contributed by atoms with Crippen LogP contribution in [0.4, 0.5) is 9.59 Å². The summed E-state index contributed by atoms with van der Waals surface area (Å²) < 4.78 is 4.91. The van der Waals surface area contributed by atoms with Crippen molar-refractivity contribution in [3.05, 3.63) is 35.9 Å². The molecule has 3 rings (SSSR count). The molecule has 1 aromatic carbocycles. The van der Waals surface area contributed by atoms with Gasteiger partial charge in [-0.3, -0.25) is 9.69 Å². The molecule has 1 N–H and O–H groups in total. The molecule has 0 spiro atoms. The third-order valence-electron chi connectivity index (χ3n) is 4.88. The highest BCUT2D eigenvalue weighted by Crippen LogP contribution is 2.20. The summed E-state index contributed by atoms with van der Waals surface area (Å²) in [7, 11) is 0. The van der Waals surface area contributed by atoms with Crippen molar-refractivity contribution in [2.45, 2.75) is 18.9 Å². The van der Waals surface area contributed by atoms with Crippen LogP contribution < -0.4 is 0 Å². The molecule has 27 heavy (non-hydrogen) atoms. The number of piperidine rings is 1. The maximum atomic E-state index is 12.2. The molecule has 0 bridgehead atoms. The number of hydrogen-bond acceptors (Lipinski definition) is 5. The first-order chi connectivity index (χ1) is 13.0. The Morgan fingerprint density at radius 3 is 2.22 bits per heavy atom. The van der Waals surface area contributed by atoms with Gasteiger partial charge in [-0.25, -0.2) is 14.4 Å². The fraction of sp³-hybridized carbons (Fsp3) is 0.444. The van der Waals surface area contributed by atoms with Crippen molar-refractivity contribution in [3.8, 4) is 0 Å². The van der Waals surface area contributed by atoms with E-state index in [0.29, 0.717) is 38.0 Å². The zero-order chi connectivity index (χ0) is 19.4. The Morgan fingerprint density at radius 1 is 0.963 bits per heavy atom. The van der Waals surface area contributed by atoms with E-state index in [1.807, 2.05) is 0 Å². The van der Waals surface area contributed by atoms with Crippen molar-refractivity contribution in [3.63, 3.8) is 0 Å². The minimum Gasteiger partial charge on any atom is -0.465 e. The number of esters is 1. The summed E-state index contributed by atoms with van der Waals surface area (Å²) in [6, 6.07) is 8.25. The zero-order valence-electron chi connectivity index (χ0n) is 14.7. The van der Waals surface area contributed by atoms with Crippen LogP contribution in [0.2, 0.25) is 0 Å². The minimum absolute atomic E-state index is 0.0395. The van der Waals surface area contributed by atoms with Gasteiger partial charge < -0.3 is 19.6 Å². The number of nitrogens with zero attached hydrogens (tertiary/aromatic N) is 3. The first-order valence-corrected chi connectivity index (χ1v) is 8.79. The fourth-order valence-corrected chi connectivity index (χ4v) is 3.37. The molecule has 9 heteroatoms. The molecule has 2 fully saturated rings. The molecule has 0 unspecified atom stereocenters. The number of carbonyl (C=O) groups excluding carboxylic acids is 3.